The highest BCUT2D eigenvalue weighted by atomic mass is 15.2. The summed E-state index contributed by atoms with van der Waals surface area (Å²) in [4.78, 5) is 11.4. The Balaban J connectivity index is 2.04. The van der Waals surface area contributed by atoms with Crippen molar-refractivity contribution in [2.45, 2.75) is 26.8 Å². The molecule has 0 saturated carbocycles. The van der Waals surface area contributed by atoms with Gasteiger partial charge in [0.25, 0.3) is 0 Å². The Kier molecular flexibility index (Phi) is 3.40. The van der Waals surface area contributed by atoms with Crippen LogP contribution in [0.3, 0.4) is 0 Å². The van der Waals surface area contributed by atoms with Crippen LogP contribution in [0.2, 0.25) is 0 Å². The van der Waals surface area contributed by atoms with Gasteiger partial charge in [-0.1, -0.05) is 17.7 Å². The lowest BCUT2D eigenvalue weighted by atomic mass is 10.1. The molecule has 4 heteroatoms. The largest absolute Gasteiger partial charge is 0.329 e. The summed E-state index contributed by atoms with van der Waals surface area (Å²) in [6.45, 7) is 5.91. The number of nitrogens with zero attached hydrogens (tertiary/aromatic N) is 3. The molecule has 20 heavy (non-hydrogen) atoms. The number of nitrogens with one attached hydrogen (secondary N) is 1. The minimum atomic E-state index is 0.847. The van der Waals surface area contributed by atoms with E-state index in [1.54, 1.807) is 0 Å². The molecule has 0 fully saturated rings. The summed E-state index contributed by atoms with van der Waals surface area (Å²) < 4.78 is 0. The van der Waals surface area contributed by atoms with E-state index in [2.05, 4.69) is 58.4 Å². The summed E-state index contributed by atoms with van der Waals surface area (Å²) in [5.41, 5.74) is 4.83. The molecule has 0 saturated heterocycles. The van der Waals surface area contributed by atoms with Gasteiger partial charge < -0.3 is 10.2 Å². The average molecular weight is 268 g/mol. The van der Waals surface area contributed by atoms with Gasteiger partial charge in [-0.15, -0.1) is 0 Å². The number of anilines is 2. The summed E-state index contributed by atoms with van der Waals surface area (Å²) in [6, 6.07) is 8.53. The molecule has 1 aliphatic heterocycles. The summed E-state index contributed by atoms with van der Waals surface area (Å²) in [6.07, 6.45) is 0.980. The van der Waals surface area contributed by atoms with E-state index in [-0.39, 0.29) is 0 Å². The molecular weight excluding hydrogens is 248 g/mol. The predicted octanol–water partition coefficient (Wildman–Crippen LogP) is 2.51. The van der Waals surface area contributed by atoms with Crippen molar-refractivity contribution in [2.24, 2.45) is 0 Å². The molecule has 4 nitrogen and oxygen atoms in total. The molecule has 2 aromatic rings. The lowest BCUT2D eigenvalue weighted by molar-refractivity contribution is 0.622. The maximum absolute atomic E-state index is 4.66. The van der Waals surface area contributed by atoms with Crippen LogP contribution in [0.4, 0.5) is 11.5 Å². The van der Waals surface area contributed by atoms with Crippen molar-refractivity contribution < 1.29 is 0 Å². The summed E-state index contributed by atoms with van der Waals surface area (Å²) >= 11 is 0. The zero-order valence-corrected chi connectivity index (χ0v) is 12.3. The van der Waals surface area contributed by atoms with Crippen LogP contribution in [0.25, 0.3) is 0 Å². The summed E-state index contributed by atoms with van der Waals surface area (Å²) in [7, 11) is 2.07. The highest BCUT2D eigenvalue weighted by Gasteiger charge is 2.19. The Morgan fingerprint density at radius 3 is 2.60 bits per heavy atom. The van der Waals surface area contributed by atoms with Crippen LogP contribution in [0.15, 0.2) is 24.3 Å². The molecule has 1 aromatic heterocycles. The highest BCUT2D eigenvalue weighted by Crippen LogP contribution is 2.28. The molecule has 0 amide bonds. The molecule has 0 unspecified atom stereocenters. The highest BCUT2D eigenvalue weighted by molar-refractivity contribution is 5.63. The third-order valence-electron chi connectivity index (χ3n) is 3.76. The SMILES string of the molecule is Cc1ccc(N(C)c2nc(C)nc3c2CNCC3)cc1. The molecule has 0 spiro atoms. The third kappa shape index (κ3) is 2.39. The van der Waals surface area contributed by atoms with Gasteiger partial charge in [0, 0.05) is 37.8 Å². The number of hydrogen-bond donors (Lipinski definition) is 1. The Morgan fingerprint density at radius 1 is 1.10 bits per heavy atom. The first-order valence-corrected chi connectivity index (χ1v) is 7.02. The van der Waals surface area contributed by atoms with Gasteiger partial charge in [0.2, 0.25) is 0 Å². The van der Waals surface area contributed by atoms with Gasteiger partial charge in [0.1, 0.15) is 11.6 Å². The second-order valence-electron chi connectivity index (χ2n) is 5.34. The zero-order valence-electron chi connectivity index (χ0n) is 12.3. The molecule has 0 radical (unpaired) electrons. The van der Waals surface area contributed by atoms with Crippen molar-refractivity contribution in [3.05, 3.63) is 46.9 Å². The summed E-state index contributed by atoms with van der Waals surface area (Å²) in [5, 5.41) is 3.41. The van der Waals surface area contributed by atoms with Crippen molar-refractivity contribution in [1.82, 2.24) is 15.3 Å². The van der Waals surface area contributed by atoms with Crippen LogP contribution in [-0.4, -0.2) is 23.6 Å². The van der Waals surface area contributed by atoms with E-state index in [9.17, 15) is 0 Å². The van der Waals surface area contributed by atoms with Crippen molar-refractivity contribution in [2.75, 3.05) is 18.5 Å². The minimum absolute atomic E-state index is 0.847. The van der Waals surface area contributed by atoms with Crippen molar-refractivity contribution in [3.63, 3.8) is 0 Å². The normalized spacial score (nSPS) is 13.9. The predicted molar refractivity (Wildman–Crippen MR) is 81.4 cm³/mol. The van der Waals surface area contributed by atoms with Crippen molar-refractivity contribution in [3.8, 4) is 0 Å². The molecule has 1 aliphatic rings. The van der Waals surface area contributed by atoms with Gasteiger partial charge in [-0.05, 0) is 26.0 Å². The molecule has 1 aromatic carbocycles. The molecule has 0 bridgehead atoms. The van der Waals surface area contributed by atoms with Crippen LogP contribution in [0.5, 0.6) is 0 Å². The number of aryl methyl sites for hydroxylation is 2. The maximum Gasteiger partial charge on any atom is 0.141 e. The topological polar surface area (TPSA) is 41.1 Å². The van der Waals surface area contributed by atoms with E-state index < -0.39 is 0 Å². The average Bonchev–Trinajstić information content (AvgIpc) is 2.46. The third-order valence-corrected chi connectivity index (χ3v) is 3.76. The number of hydrogen-bond acceptors (Lipinski definition) is 4. The second kappa shape index (κ2) is 5.21. The van der Waals surface area contributed by atoms with Crippen LogP contribution >= 0.6 is 0 Å². The van der Waals surface area contributed by atoms with Gasteiger partial charge in [0.05, 0.1) is 5.69 Å². The molecule has 1 N–H and O–H groups in total. The Labute approximate surface area is 119 Å². The number of benzene rings is 1. The van der Waals surface area contributed by atoms with E-state index in [1.165, 1.54) is 16.8 Å². The quantitative estimate of drug-likeness (QED) is 0.908. The standard InChI is InChI=1S/C16H20N4/c1-11-4-6-13(7-5-11)20(3)16-14-10-17-9-8-15(14)18-12(2)19-16/h4-7,17H,8-10H2,1-3H3. The number of rotatable bonds is 2. The first-order chi connectivity index (χ1) is 9.65. The van der Waals surface area contributed by atoms with Crippen LogP contribution in [-0.2, 0) is 13.0 Å². The second-order valence-corrected chi connectivity index (χ2v) is 5.34. The lowest BCUT2D eigenvalue weighted by Crippen LogP contribution is -2.28. The molecule has 2 heterocycles. The van der Waals surface area contributed by atoms with Crippen molar-refractivity contribution >= 4 is 11.5 Å². The smallest absolute Gasteiger partial charge is 0.141 e. The fourth-order valence-corrected chi connectivity index (χ4v) is 2.61. The molecule has 0 aliphatic carbocycles. The number of fused-ring (bicyclic) bond motifs is 1. The fourth-order valence-electron chi connectivity index (χ4n) is 2.61. The monoisotopic (exact) mass is 268 g/mol. The Hall–Kier alpha value is -1.94. The molecule has 0 atom stereocenters. The molecule has 3 rings (SSSR count). The van der Waals surface area contributed by atoms with E-state index in [1.807, 2.05) is 6.92 Å². The van der Waals surface area contributed by atoms with Crippen LogP contribution in [0, 0.1) is 13.8 Å². The van der Waals surface area contributed by atoms with Crippen LogP contribution < -0.4 is 10.2 Å². The number of aromatic nitrogens is 2. The van der Waals surface area contributed by atoms with Gasteiger partial charge in [-0.3, -0.25) is 0 Å². The van der Waals surface area contributed by atoms with E-state index >= 15 is 0 Å². The first kappa shape index (κ1) is 13.1. The van der Waals surface area contributed by atoms with Gasteiger partial charge in [0.15, 0.2) is 0 Å². The zero-order chi connectivity index (χ0) is 14.1. The lowest BCUT2D eigenvalue weighted by Gasteiger charge is -2.26. The molecular formula is C16H20N4. The van der Waals surface area contributed by atoms with E-state index in [4.69, 9.17) is 0 Å². The van der Waals surface area contributed by atoms with Gasteiger partial charge >= 0.3 is 0 Å². The fraction of sp³-hybridized carbons (Fsp3) is 0.375. The maximum atomic E-state index is 4.66. The van der Waals surface area contributed by atoms with E-state index in [0.717, 1.165) is 36.8 Å². The Morgan fingerprint density at radius 2 is 1.85 bits per heavy atom. The van der Waals surface area contributed by atoms with Crippen molar-refractivity contribution in [1.29, 1.82) is 0 Å². The van der Waals surface area contributed by atoms with Crippen LogP contribution in [0.1, 0.15) is 22.6 Å². The minimum Gasteiger partial charge on any atom is -0.329 e. The van der Waals surface area contributed by atoms with E-state index in [0.29, 0.717) is 0 Å². The Bertz CT molecular complexity index is 619. The summed E-state index contributed by atoms with van der Waals surface area (Å²) in [5.74, 6) is 1.86. The van der Waals surface area contributed by atoms with Gasteiger partial charge in [-0.25, -0.2) is 9.97 Å². The molecule has 104 valence electrons. The first-order valence-electron chi connectivity index (χ1n) is 7.02. The van der Waals surface area contributed by atoms with Gasteiger partial charge in [-0.2, -0.15) is 0 Å².